The third kappa shape index (κ3) is 3.62. The summed E-state index contributed by atoms with van der Waals surface area (Å²) in [6.07, 6.45) is 0. The van der Waals surface area contributed by atoms with E-state index in [1.807, 2.05) is 0 Å². The predicted octanol–water partition coefficient (Wildman–Crippen LogP) is -0.678. The lowest BCUT2D eigenvalue weighted by molar-refractivity contribution is 0.180. The Morgan fingerprint density at radius 2 is 2.24 bits per heavy atom. The van der Waals surface area contributed by atoms with Gasteiger partial charge in [0.2, 0.25) is 0 Å². The van der Waals surface area contributed by atoms with Crippen LogP contribution in [0.5, 0.6) is 0 Å². The molecule has 2 rings (SSSR count). The molecule has 1 aliphatic heterocycles. The van der Waals surface area contributed by atoms with E-state index in [9.17, 15) is 4.79 Å². The van der Waals surface area contributed by atoms with E-state index in [1.54, 1.807) is 7.11 Å². The lowest BCUT2D eigenvalue weighted by Gasteiger charge is -2.26. The van der Waals surface area contributed by atoms with Crippen LogP contribution in [0.4, 0.5) is 0 Å². The van der Waals surface area contributed by atoms with Gasteiger partial charge in [-0.2, -0.15) is 0 Å². The highest BCUT2D eigenvalue weighted by Crippen LogP contribution is 2.00. The summed E-state index contributed by atoms with van der Waals surface area (Å²) in [6.45, 7) is 5.01. The fraction of sp³-hybridized carbons (Fsp3) is 0.636. The zero-order valence-electron chi connectivity index (χ0n) is 10.0. The Hall–Kier alpha value is -1.24. The highest BCUT2D eigenvalue weighted by atomic mass is 16.5. The van der Waals surface area contributed by atoms with E-state index in [-0.39, 0.29) is 5.56 Å². The largest absolute Gasteiger partial charge is 0.378 e. The van der Waals surface area contributed by atoms with Gasteiger partial charge in [0.25, 0.3) is 5.56 Å². The zero-order valence-corrected chi connectivity index (χ0v) is 10.0. The summed E-state index contributed by atoms with van der Waals surface area (Å²) in [6, 6.07) is 1.48. The molecule has 17 heavy (non-hydrogen) atoms. The van der Waals surface area contributed by atoms with Gasteiger partial charge in [0.15, 0.2) is 0 Å². The van der Waals surface area contributed by atoms with E-state index in [0.717, 1.165) is 26.2 Å². The van der Waals surface area contributed by atoms with Gasteiger partial charge < -0.3 is 15.0 Å². The van der Waals surface area contributed by atoms with Gasteiger partial charge in [-0.1, -0.05) is 0 Å². The molecule has 0 unspecified atom stereocenters. The molecule has 2 heterocycles. The number of ether oxygens (including phenoxy) is 1. The summed E-state index contributed by atoms with van der Waals surface area (Å²) in [4.78, 5) is 20.9. The summed E-state index contributed by atoms with van der Waals surface area (Å²) < 4.78 is 4.99. The molecule has 0 atom stereocenters. The number of aromatic amines is 1. The Kier molecular flexibility index (Phi) is 4.24. The maximum Gasteiger partial charge on any atom is 0.251 e. The highest BCUT2D eigenvalue weighted by molar-refractivity contribution is 5.01. The van der Waals surface area contributed by atoms with Gasteiger partial charge in [0, 0.05) is 39.4 Å². The number of aromatic nitrogens is 2. The number of hydrogen-bond donors (Lipinski definition) is 2. The minimum atomic E-state index is -0.114. The third-order valence-electron chi connectivity index (χ3n) is 2.72. The van der Waals surface area contributed by atoms with Gasteiger partial charge >= 0.3 is 0 Å². The number of piperazine rings is 1. The highest BCUT2D eigenvalue weighted by Gasteiger charge is 2.11. The van der Waals surface area contributed by atoms with Crippen LogP contribution in [0.15, 0.2) is 10.9 Å². The van der Waals surface area contributed by atoms with Crippen LogP contribution in [0.3, 0.4) is 0 Å². The number of hydrogen-bond acceptors (Lipinski definition) is 5. The molecule has 0 spiro atoms. The lowest BCUT2D eigenvalue weighted by Crippen LogP contribution is -2.43. The predicted molar refractivity (Wildman–Crippen MR) is 63.7 cm³/mol. The van der Waals surface area contributed by atoms with Crippen LogP contribution in [0, 0.1) is 0 Å². The summed E-state index contributed by atoms with van der Waals surface area (Å²) >= 11 is 0. The average Bonchev–Trinajstić information content (AvgIpc) is 2.30. The quantitative estimate of drug-likeness (QED) is 0.727. The van der Waals surface area contributed by atoms with Crippen LogP contribution in [-0.2, 0) is 17.9 Å². The molecule has 0 bridgehead atoms. The second-order valence-corrected chi connectivity index (χ2v) is 4.14. The van der Waals surface area contributed by atoms with Crippen LogP contribution in [0.2, 0.25) is 0 Å². The van der Waals surface area contributed by atoms with Crippen molar-refractivity contribution in [3.63, 3.8) is 0 Å². The van der Waals surface area contributed by atoms with Gasteiger partial charge in [0.1, 0.15) is 5.82 Å². The van der Waals surface area contributed by atoms with Crippen molar-refractivity contribution in [3.05, 3.63) is 27.9 Å². The summed E-state index contributed by atoms with van der Waals surface area (Å²) in [5.74, 6) is 0.714. The first-order valence-corrected chi connectivity index (χ1v) is 5.79. The maximum absolute atomic E-state index is 11.4. The van der Waals surface area contributed by atoms with Crippen molar-refractivity contribution < 1.29 is 4.74 Å². The molecule has 1 aliphatic rings. The Bertz CT molecular complexity index is 412. The van der Waals surface area contributed by atoms with E-state index in [1.165, 1.54) is 6.07 Å². The molecule has 6 nitrogen and oxygen atoms in total. The fourth-order valence-electron chi connectivity index (χ4n) is 1.94. The molecule has 6 heteroatoms. The Balaban J connectivity index is 2.06. The Labute approximate surface area is 100 Å². The van der Waals surface area contributed by atoms with Crippen LogP contribution >= 0.6 is 0 Å². The first-order chi connectivity index (χ1) is 8.28. The number of nitrogens with one attached hydrogen (secondary N) is 2. The minimum absolute atomic E-state index is 0.114. The number of H-pyrrole nitrogens is 1. The maximum atomic E-state index is 11.4. The van der Waals surface area contributed by atoms with Crippen LogP contribution in [0.1, 0.15) is 11.5 Å². The molecule has 1 fully saturated rings. The number of nitrogens with zero attached hydrogens (tertiary/aromatic N) is 2. The number of methoxy groups -OCH3 is 1. The van der Waals surface area contributed by atoms with Crippen LogP contribution in [-0.4, -0.2) is 48.2 Å². The molecule has 0 amide bonds. The second kappa shape index (κ2) is 5.90. The molecular weight excluding hydrogens is 220 g/mol. The fourth-order valence-corrected chi connectivity index (χ4v) is 1.94. The Morgan fingerprint density at radius 3 is 2.94 bits per heavy atom. The van der Waals surface area contributed by atoms with E-state index in [0.29, 0.717) is 24.7 Å². The van der Waals surface area contributed by atoms with Gasteiger partial charge in [-0.15, -0.1) is 0 Å². The van der Waals surface area contributed by atoms with E-state index in [4.69, 9.17) is 4.74 Å². The standard InChI is InChI=1S/C11H18N4O2/c1-17-8-9-6-11(16)14-10(13-9)7-15-4-2-12-3-5-15/h6,12H,2-5,7-8H2,1H3,(H,13,14,16). The summed E-state index contributed by atoms with van der Waals surface area (Å²) in [7, 11) is 1.60. The average molecular weight is 238 g/mol. The van der Waals surface area contributed by atoms with Crippen molar-refractivity contribution in [1.82, 2.24) is 20.2 Å². The monoisotopic (exact) mass is 238 g/mol. The molecule has 2 N–H and O–H groups in total. The normalized spacial score (nSPS) is 17.2. The molecule has 1 saturated heterocycles. The van der Waals surface area contributed by atoms with Gasteiger partial charge in [0.05, 0.1) is 18.8 Å². The van der Waals surface area contributed by atoms with Gasteiger partial charge in [-0.3, -0.25) is 9.69 Å². The van der Waals surface area contributed by atoms with Crippen molar-refractivity contribution in [1.29, 1.82) is 0 Å². The van der Waals surface area contributed by atoms with Crippen LogP contribution in [0.25, 0.3) is 0 Å². The van der Waals surface area contributed by atoms with E-state index in [2.05, 4.69) is 20.2 Å². The van der Waals surface area contributed by atoms with Crippen LogP contribution < -0.4 is 10.9 Å². The third-order valence-corrected chi connectivity index (χ3v) is 2.72. The first-order valence-electron chi connectivity index (χ1n) is 5.79. The van der Waals surface area contributed by atoms with Gasteiger partial charge in [-0.05, 0) is 0 Å². The summed E-state index contributed by atoms with van der Waals surface area (Å²) in [5, 5.41) is 3.29. The lowest BCUT2D eigenvalue weighted by atomic mass is 10.3. The second-order valence-electron chi connectivity index (χ2n) is 4.14. The Morgan fingerprint density at radius 1 is 1.47 bits per heavy atom. The zero-order chi connectivity index (χ0) is 12.1. The molecule has 1 aromatic heterocycles. The number of rotatable bonds is 4. The molecule has 0 aliphatic carbocycles. The van der Waals surface area contributed by atoms with Crippen molar-refractivity contribution in [2.75, 3.05) is 33.3 Å². The van der Waals surface area contributed by atoms with Gasteiger partial charge in [-0.25, -0.2) is 4.98 Å². The van der Waals surface area contributed by atoms with E-state index >= 15 is 0 Å². The molecule has 0 radical (unpaired) electrons. The topological polar surface area (TPSA) is 70.2 Å². The first kappa shape index (κ1) is 12.2. The summed E-state index contributed by atoms with van der Waals surface area (Å²) in [5.41, 5.74) is 0.568. The van der Waals surface area contributed by atoms with Crippen molar-refractivity contribution >= 4 is 0 Å². The van der Waals surface area contributed by atoms with Crippen molar-refractivity contribution in [2.45, 2.75) is 13.2 Å². The van der Waals surface area contributed by atoms with Crippen molar-refractivity contribution in [3.8, 4) is 0 Å². The molecule has 0 saturated carbocycles. The molecular formula is C11H18N4O2. The molecule has 0 aromatic carbocycles. The molecule has 1 aromatic rings. The smallest absolute Gasteiger partial charge is 0.251 e. The van der Waals surface area contributed by atoms with Crippen molar-refractivity contribution in [2.24, 2.45) is 0 Å². The molecule has 94 valence electrons. The minimum Gasteiger partial charge on any atom is -0.378 e. The SMILES string of the molecule is COCc1cc(=O)[nH]c(CN2CCNCC2)n1. The van der Waals surface area contributed by atoms with E-state index < -0.39 is 0 Å².